The van der Waals surface area contributed by atoms with Gasteiger partial charge in [-0.25, -0.2) is 4.98 Å². The van der Waals surface area contributed by atoms with Crippen LogP contribution in [0.3, 0.4) is 0 Å². The van der Waals surface area contributed by atoms with E-state index >= 15 is 0 Å². The largest absolute Gasteiger partial charge is 0.378 e. The average molecular weight is 274 g/mol. The highest BCUT2D eigenvalue weighted by molar-refractivity contribution is 5.74. The van der Waals surface area contributed by atoms with Gasteiger partial charge in [-0.15, -0.1) is 0 Å². The van der Waals surface area contributed by atoms with Crippen LogP contribution >= 0.6 is 0 Å². The zero-order valence-electron chi connectivity index (χ0n) is 12.5. The molecule has 0 radical (unpaired) electrons. The lowest BCUT2D eigenvalue weighted by atomic mass is 9.97. The number of fused-ring (bicyclic) bond motifs is 1. The third kappa shape index (κ3) is 2.63. The van der Waals surface area contributed by atoms with Gasteiger partial charge in [0.1, 0.15) is 0 Å². The molecule has 1 aliphatic heterocycles. The number of hydrogen-bond donors (Lipinski definition) is 0. The summed E-state index contributed by atoms with van der Waals surface area (Å²) >= 11 is 0. The standard InChI is InChI=1S/C15H22N4O/c1-15(2,3)11-19-12-5-4-6-16-13(12)17-14(19)18-7-9-20-10-8-18/h4-6H,7-11H2,1-3H3. The molecule has 3 heterocycles. The van der Waals surface area contributed by atoms with Gasteiger partial charge < -0.3 is 14.2 Å². The van der Waals surface area contributed by atoms with Gasteiger partial charge in [0.2, 0.25) is 5.95 Å². The van der Waals surface area contributed by atoms with Crippen LogP contribution in [0.5, 0.6) is 0 Å². The van der Waals surface area contributed by atoms with Crippen molar-refractivity contribution in [3.05, 3.63) is 18.3 Å². The minimum Gasteiger partial charge on any atom is -0.378 e. The number of imidazole rings is 1. The fourth-order valence-electron chi connectivity index (χ4n) is 2.58. The topological polar surface area (TPSA) is 43.2 Å². The fourth-order valence-corrected chi connectivity index (χ4v) is 2.58. The Morgan fingerprint density at radius 2 is 2.00 bits per heavy atom. The molecule has 0 saturated carbocycles. The van der Waals surface area contributed by atoms with Gasteiger partial charge in [0.25, 0.3) is 0 Å². The summed E-state index contributed by atoms with van der Waals surface area (Å²) < 4.78 is 7.74. The first-order valence-electron chi connectivity index (χ1n) is 7.18. The molecular weight excluding hydrogens is 252 g/mol. The second-order valence-electron chi connectivity index (χ2n) is 6.50. The summed E-state index contributed by atoms with van der Waals surface area (Å²) in [5.74, 6) is 1.02. The molecule has 5 heteroatoms. The SMILES string of the molecule is CC(C)(C)Cn1c(N2CCOCC2)nc2ncccc21. The van der Waals surface area contributed by atoms with E-state index in [2.05, 4.69) is 41.3 Å². The molecule has 0 atom stereocenters. The monoisotopic (exact) mass is 274 g/mol. The van der Waals surface area contributed by atoms with Crippen molar-refractivity contribution in [1.82, 2.24) is 14.5 Å². The van der Waals surface area contributed by atoms with Crippen LogP contribution in [0.4, 0.5) is 5.95 Å². The first kappa shape index (κ1) is 13.4. The number of aromatic nitrogens is 3. The summed E-state index contributed by atoms with van der Waals surface area (Å²) in [6.07, 6.45) is 1.81. The van der Waals surface area contributed by atoms with Crippen LogP contribution in [-0.4, -0.2) is 40.8 Å². The molecule has 1 aliphatic rings. The Hall–Kier alpha value is -1.62. The molecule has 0 N–H and O–H groups in total. The van der Waals surface area contributed by atoms with Gasteiger partial charge in [0.15, 0.2) is 5.65 Å². The lowest BCUT2D eigenvalue weighted by molar-refractivity contribution is 0.121. The van der Waals surface area contributed by atoms with Crippen molar-refractivity contribution >= 4 is 17.1 Å². The van der Waals surface area contributed by atoms with Crippen molar-refractivity contribution in [3.63, 3.8) is 0 Å². The van der Waals surface area contributed by atoms with Crippen LogP contribution < -0.4 is 4.90 Å². The normalized spacial score (nSPS) is 16.9. The maximum absolute atomic E-state index is 5.44. The van der Waals surface area contributed by atoms with E-state index in [1.165, 1.54) is 0 Å². The highest BCUT2D eigenvalue weighted by atomic mass is 16.5. The van der Waals surface area contributed by atoms with Crippen LogP contribution in [-0.2, 0) is 11.3 Å². The predicted octanol–water partition coefficient (Wildman–Crippen LogP) is 2.31. The Labute approximate surface area is 119 Å². The van der Waals surface area contributed by atoms with E-state index in [4.69, 9.17) is 9.72 Å². The summed E-state index contributed by atoms with van der Waals surface area (Å²) in [7, 11) is 0. The molecule has 0 aromatic carbocycles. The Balaban J connectivity index is 2.06. The molecule has 0 unspecified atom stereocenters. The van der Waals surface area contributed by atoms with Crippen molar-refractivity contribution in [2.24, 2.45) is 5.41 Å². The Morgan fingerprint density at radius 1 is 1.25 bits per heavy atom. The Kier molecular flexibility index (Phi) is 3.38. The minimum absolute atomic E-state index is 0.199. The van der Waals surface area contributed by atoms with Gasteiger partial charge >= 0.3 is 0 Å². The number of pyridine rings is 1. The number of hydrogen-bond acceptors (Lipinski definition) is 4. The maximum atomic E-state index is 5.44. The van der Waals surface area contributed by atoms with Crippen LogP contribution in [0, 0.1) is 5.41 Å². The van der Waals surface area contributed by atoms with Crippen molar-refractivity contribution in [2.75, 3.05) is 31.2 Å². The second-order valence-corrected chi connectivity index (χ2v) is 6.50. The quantitative estimate of drug-likeness (QED) is 0.843. The van der Waals surface area contributed by atoms with Gasteiger partial charge in [-0.3, -0.25) is 0 Å². The third-order valence-corrected chi connectivity index (χ3v) is 3.43. The van der Waals surface area contributed by atoms with Crippen molar-refractivity contribution in [3.8, 4) is 0 Å². The molecule has 2 aromatic rings. The minimum atomic E-state index is 0.199. The van der Waals surface area contributed by atoms with E-state index in [0.717, 1.165) is 50.0 Å². The molecule has 2 aromatic heterocycles. The molecular formula is C15H22N4O. The Bertz CT molecular complexity index is 593. The smallest absolute Gasteiger partial charge is 0.208 e. The van der Waals surface area contributed by atoms with Crippen molar-refractivity contribution < 1.29 is 4.74 Å². The summed E-state index contributed by atoms with van der Waals surface area (Å²) in [6, 6.07) is 4.08. The average Bonchev–Trinajstić information content (AvgIpc) is 2.77. The molecule has 0 spiro atoms. The summed E-state index contributed by atoms with van der Waals surface area (Å²) in [6.45, 7) is 11.0. The van der Waals surface area contributed by atoms with Crippen LogP contribution in [0.25, 0.3) is 11.2 Å². The van der Waals surface area contributed by atoms with E-state index in [0.29, 0.717) is 0 Å². The van der Waals surface area contributed by atoms with Gasteiger partial charge in [0.05, 0.1) is 18.7 Å². The zero-order valence-corrected chi connectivity index (χ0v) is 12.5. The lowest BCUT2D eigenvalue weighted by Crippen LogP contribution is -2.38. The van der Waals surface area contributed by atoms with Crippen LogP contribution in [0.1, 0.15) is 20.8 Å². The van der Waals surface area contributed by atoms with Crippen LogP contribution in [0.2, 0.25) is 0 Å². The number of ether oxygens (including phenoxy) is 1. The zero-order chi connectivity index (χ0) is 14.2. The first-order valence-corrected chi connectivity index (χ1v) is 7.18. The summed E-state index contributed by atoms with van der Waals surface area (Å²) in [5.41, 5.74) is 2.15. The van der Waals surface area contributed by atoms with Gasteiger partial charge in [-0.1, -0.05) is 20.8 Å². The predicted molar refractivity (Wildman–Crippen MR) is 80.0 cm³/mol. The summed E-state index contributed by atoms with van der Waals surface area (Å²) in [5, 5.41) is 0. The van der Waals surface area contributed by atoms with E-state index < -0.39 is 0 Å². The molecule has 0 bridgehead atoms. The van der Waals surface area contributed by atoms with Crippen molar-refractivity contribution in [1.29, 1.82) is 0 Å². The lowest BCUT2D eigenvalue weighted by Gasteiger charge is -2.30. The maximum Gasteiger partial charge on any atom is 0.208 e. The molecule has 0 amide bonds. The molecule has 3 rings (SSSR count). The van der Waals surface area contributed by atoms with Crippen molar-refractivity contribution in [2.45, 2.75) is 27.3 Å². The highest BCUT2D eigenvalue weighted by Crippen LogP contribution is 2.27. The second kappa shape index (κ2) is 5.05. The number of rotatable bonds is 2. The van der Waals surface area contributed by atoms with Crippen LogP contribution in [0.15, 0.2) is 18.3 Å². The van der Waals surface area contributed by atoms with Gasteiger partial charge in [-0.05, 0) is 17.5 Å². The first-order chi connectivity index (χ1) is 9.54. The van der Waals surface area contributed by atoms with E-state index in [-0.39, 0.29) is 5.41 Å². The molecule has 108 valence electrons. The highest BCUT2D eigenvalue weighted by Gasteiger charge is 2.22. The molecule has 1 saturated heterocycles. The van der Waals surface area contributed by atoms with Gasteiger partial charge in [-0.2, -0.15) is 4.98 Å². The van der Waals surface area contributed by atoms with E-state index in [1.807, 2.05) is 6.07 Å². The number of morpholine rings is 1. The third-order valence-electron chi connectivity index (χ3n) is 3.43. The van der Waals surface area contributed by atoms with Gasteiger partial charge in [0, 0.05) is 25.8 Å². The Morgan fingerprint density at radius 3 is 2.70 bits per heavy atom. The van der Waals surface area contributed by atoms with E-state index in [9.17, 15) is 0 Å². The molecule has 20 heavy (non-hydrogen) atoms. The number of anilines is 1. The number of nitrogens with zero attached hydrogens (tertiary/aromatic N) is 4. The summed E-state index contributed by atoms with van der Waals surface area (Å²) in [4.78, 5) is 11.4. The molecule has 0 aliphatic carbocycles. The molecule has 5 nitrogen and oxygen atoms in total. The fraction of sp³-hybridized carbons (Fsp3) is 0.600. The molecule has 1 fully saturated rings. The van der Waals surface area contributed by atoms with E-state index in [1.54, 1.807) is 6.20 Å².